The second kappa shape index (κ2) is 4.95. The molecule has 0 saturated carbocycles. The van der Waals surface area contributed by atoms with Crippen molar-refractivity contribution in [3.05, 3.63) is 15.9 Å². The SMILES string of the molecule is CN(c1cc(Br)cs1)C(CO)CO. The minimum absolute atomic E-state index is 0.0392. The van der Waals surface area contributed by atoms with Crippen molar-refractivity contribution >= 4 is 32.3 Å². The first-order chi connectivity index (χ1) is 6.19. The third kappa shape index (κ3) is 2.67. The van der Waals surface area contributed by atoms with Crippen molar-refractivity contribution in [3.63, 3.8) is 0 Å². The summed E-state index contributed by atoms with van der Waals surface area (Å²) in [7, 11) is 1.86. The number of likely N-dealkylation sites (N-methyl/N-ethyl adjacent to an activating group) is 1. The molecule has 0 aliphatic carbocycles. The lowest BCUT2D eigenvalue weighted by Gasteiger charge is -2.25. The Labute approximate surface area is 89.7 Å². The zero-order valence-corrected chi connectivity index (χ0v) is 9.68. The summed E-state index contributed by atoms with van der Waals surface area (Å²) in [6, 6.07) is 1.74. The summed E-state index contributed by atoms with van der Waals surface area (Å²) in [4.78, 5) is 1.87. The molecule has 0 atom stereocenters. The summed E-state index contributed by atoms with van der Waals surface area (Å²) in [6.45, 7) is -0.0783. The van der Waals surface area contributed by atoms with Crippen molar-refractivity contribution in [3.8, 4) is 0 Å². The highest BCUT2D eigenvalue weighted by Gasteiger charge is 2.14. The number of hydrogen-bond donors (Lipinski definition) is 2. The summed E-state index contributed by atoms with van der Waals surface area (Å²) in [5.41, 5.74) is 0. The van der Waals surface area contributed by atoms with Gasteiger partial charge in [-0.3, -0.25) is 0 Å². The predicted octanol–water partition coefficient (Wildman–Crippen LogP) is 1.30. The number of thiophene rings is 1. The molecule has 0 unspecified atom stereocenters. The number of anilines is 1. The fourth-order valence-corrected chi connectivity index (χ4v) is 2.43. The van der Waals surface area contributed by atoms with E-state index in [0.29, 0.717) is 0 Å². The number of aliphatic hydroxyl groups excluding tert-OH is 2. The van der Waals surface area contributed by atoms with Crippen LogP contribution in [0.5, 0.6) is 0 Å². The number of hydrogen-bond acceptors (Lipinski definition) is 4. The maximum Gasteiger partial charge on any atom is 0.0921 e. The zero-order valence-electron chi connectivity index (χ0n) is 7.27. The van der Waals surface area contributed by atoms with Crippen molar-refractivity contribution in [2.75, 3.05) is 25.2 Å². The highest BCUT2D eigenvalue weighted by molar-refractivity contribution is 9.10. The van der Waals surface area contributed by atoms with Crippen LogP contribution in [0.15, 0.2) is 15.9 Å². The molecule has 0 aromatic carbocycles. The van der Waals surface area contributed by atoms with Gasteiger partial charge in [0.15, 0.2) is 0 Å². The van der Waals surface area contributed by atoms with Gasteiger partial charge in [-0.05, 0) is 22.0 Å². The van der Waals surface area contributed by atoms with Gasteiger partial charge in [0.05, 0.1) is 24.3 Å². The van der Waals surface area contributed by atoms with E-state index < -0.39 is 0 Å². The Balaban J connectivity index is 2.71. The molecular weight excluding hydrogens is 254 g/mol. The molecule has 0 radical (unpaired) electrons. The first kappa shape index (κ1) is 11.0. The Morgan fingerprint density at radius 2 is 2.15 bits per heavy atom. The van der Waals surface area contributed by atoms with Crippen LogP contribution in [0.2, 0.25) is 0 Å². The average molecular weight is 266 g/mol. The summed E-state index contributed by atoms with van der Waals surface area (Å²) >= 11 is 4.93. The van der Waals surface area contributed by atoms with Gasteiger partial charge < -0.3 is 15.1 Å². The second-order valence-electron chi connectivity index (χ2n) is 2.73. The van der Waals surface area contributed by atoms with Gasteiger partial charge in [0.1, 0.15) is 0 Å². The van der Waals surface area contributed by atoms with E-state index in [4.69, 9.17) is 10.2 Å². The molecule has 0 amide bonds. The summed E-state index contributed by atoms with van der Waals surface area (Å²) in [5.74, 6) is 0. The van der Waals surface area contributed by atoms with Crippen molar-refractivity contribution in [2.24, 2.45) is 0 Å². The third-order valence-corrected chi connectivity index (χ3v) is 3.65. The molecule has 0 aliphatic rings. The van der Waals surface area contributed by atoms with Crippen molar-refractivity contribution in [1.82, 2.24) is 0 Å². The molecule has 1 heterocycles. The molecule has 1 aromatic rings. The van der Waals surface area contributed by atoms with Gasteiger partial charge in [-0.25, -0.2) is 0 Å². The summed E-state index contributed by atoms with van der Waals surface area (Å²) in [6.07, 6.45) is 0. The lowest BCUT2D eigenvalue weighted by Crippen LogP contribution is -2.37. The molecule has 3 nitrogen and oxygen atoms in total. The van der Waals surface area contributed by atoms with E-state index in [0.717, 1.165) is 9.47 Å². The first-order valence-electron chi connectivity index (χ1n) is 3.87. The first-order valence-corrected chi connectivity index (χ1v) is 5.55. The average Bonchev–Trinajstić information content (AvgIpc) is 2.54. The van der Waals surface area contributed by atoms with Crippen molar-refractivity contribution in [2.45, 2.75) is 6.04 Å². The monoisotopic (exact) mass is 265 g/mol. The number of nitrogens with zero attached hydrogens (tertiary/aromatic N) is 1. The van der Waals surface area contributed by atoms with E-state index >= 15 is 0 Å². The molecular formula is C8H12BrNO2S. The van der Waals surface area contributed by atoms with Crippen LogP contribution in [0.1, 0.15) is 0 Å². The van der Waals surface area contributed by atoms with Crippen molar-refractivity contribution in [1.29, 1.82) is 0 Å². The van der Waals surface area contributed by atoms with Crippen LogP contribution in [-0.2, 0) is 0 Å². The fraction of sp³-hybridized carbons (Fsp3) is 0.500. The molecule has 1 rings (SSSR count). The molecule has 0 fully saturated rings. The number of aliphatic hydroxyl groups is 2. The zero-order chi connectivity index (χ0) is 9.84. The molecule has 13 heavy (non-hydrogen) atoms. The molecule has 5 heteroatoms. The van der Waals surface area contributed by atoms with Gasteiger partial charge >= 0.3 is 0 Å². The molecule has 1 aromatic heterocycles. The quantitative estimate of drug-likeness (QED) is 0.863. The maximum atomic E-state index is 8.96. The normalized spacial score (nSPS) is 10.8. The largest absolute Gasteiger partial charge is 0.394 e. The van der Waals surface area contributed by atoms with E-state index in [2.05, 4.69) is 15.9 Å². The highest BCUT2D eigenvalue weighted by Crippen LogP contribution is 2.28. The third-order valence-electron chi connectivity index (χ3n) is 1.87. The minimum Gasteiger partial charge on any atom is -0.394 e. The van der Waals surface area contributed by atoms with Crippen LogP contribution in [0, 0.1) is 0 Å². The minimum atomic E-state index is -0.217. The van der Waals surface area contributed by atoms with E-state index in [9.17, 15) is 0 Å². The number of rotatable bonds is 4. The van der Waals surface area contributed by atoms with Gasteiger partial charge in [0, 0.05) is 16.9 Å². The van der Waals surface area contributed by atoms with Crippen LogP contribution in [0.4, 0.5) is 5.00 Å². The van der Waals surface area contributed by atoms with Crippen LogP contribution >= 0.6 is 27.3 Å². The summed E-state index contributed by atoms with van der Waals surface area (Å²) < 4.78 is 1.02. The van der Waals surface area contributed by atoms with Crippen LogP contribution in [0.3, 0.4) is 0 Å². The van der Waals surface area contributed by atoms with Crippen LogP contribution in [-0.4, -0.2) is 36.5 Å². The molecule has 0 saturated heterocycles. The smallest absolute Gasteiger partial charge is 0.0921 e. The second-order valence-corrected chi connectivity index (χ2v) is 4.54. The molecule has 2 N–H and O–H groups in total. The van der Waals surface area contributed by atoms with E-state index in [1.807, 2.05) is 23.4 Å². The maximum absolute atomic E-state index is 8.96. The van der Waals surface area contributed by atoms with E-state index in [1.165, 1.54) is 0 Å². The Bertz CT molecular complexity index is 262. The molecule has 0 spiro atoms. The lowest BCUT2D eigenvalue weighted by molar-refractivity contribution is 0.191. The number of halogens is 1. The van der Waals surface area contributed by atoms with Gasteiger partial charge in [-0.15, -0.1) is 11.3 Å². The highest BCUT2D eigenvalue weighted by atomic mass is 79.9. The van der Waals surface area contributed by atoms with Gasteiger partial charge in [-0.2, -0.15) is 0 Å². The Kier molecular flexibility index (Phi) is 4.18. The van der Waals surface area contributed by atoms with Gasteiger partial charge in [0.25, 0.3) is 0 Å². The molecule has 0 aliphatic heterocycles. The molecule has 74 valence electrons. The fourth-order valence-electron chi connectivity index (χ4n) is 0.970. The van der Waals surface area contributed by atoms with Gasteiger partial charge in [0.2, 0.25) is 0 Å². The topological polar surface area (TPSA) is 43.7 Å². The van der Waals surface area contributed by atoms with Gasteiger partial charge in [-0.1, -0.05) is 0 Å². The Morgan fingerprint density at radius 1 is 1.54 bits per heavy atom. The lowest BCUT2D eigenvalue weighted by atomic mass is 10.3. The van der Waals surface area contributed by atoms with E-state index in [1.54, 1.807) is 11.3 Å². The Morgan fingerprint density at radius 3 is 2.54 bits per heavy atom. The Hall–Kier alpha value is -0.100. The summed E-state index contributed by atoms with van der Waals surface area (Å²) in [5, 5.41) is 20.9. The van der Waals surface area contributed by atoms with Crippen LogP contribution in [0.25, 0.3) is 0 Å². The predicted molar refractivity (Wildman–Crippen MR) is 58.4 cm³/mol. The van der Waals surface area contributed by atoms with E-state index in [-0.39, 0.29) is 19.3 Å². The standard InChI is InChI=1S/C8H12BrNO2S/c1-10(7(3-11)4-12)8-2-6(9)5-13-8/h2,5,7,11-12H,3-4H2,1H3. The van der Waals surface area contributed by atoms with Crippen LogP contribution < -0.4 is 4.90 Å². The van der Waals surface area contributed by atoms with Crippen molar-refractivity contribution < 1.29 is 10.2 Å². The molecule has 0 bridgehead atoms.